The zero-order valence-corrected chi connectivity index (χ0v) is 33.7. The molecule has 1 amide bonds. The Morgan fingerprint density at radius 2 is 1.52 bits per heavy atom. The number of likely N-dealkylation sites (N-methyl/N-ethyl adjacent to an activating group) is 1. The lowest BCUT2D eigenvalue weighted by Crippen LogP contribution is -2.66. The monoisotopic (exact) mass is 729 g/mol. The van der Waals surface area contributed by atoms with Crippen molar-refractivity contribution in [2.75, 3.05) is 53.7 Å². The van der Waals surface area contributed by atoms with Crippen molar-refractivity contribution in [3.8, 4) is 0 Å². The summed E-state index contributed by atoms with van der Waals surface area (Å²) in [4.78, 5) is 55.7. The Morgan fingerprint density at radius 1 is 0.885 bits per heavy atom. The number of carboxylic acid groups (broad SMARTS) is 1. The summed E-state index contributed by atoms with van der Waals surface area (Å²) < 4.78 is 21.9. The van der Waals surface area contributed by atoms with Crippen LogP contribution < -0.4 is 0 Å². The maximum absolute atomic E-state index is 14.7. The van der Waals surface area contributed by atoms with E-state index in [0.29, 0.717) is 58.8 Å². The van der Waals surface area contributed by atoms with Crippen LogP contribution in [0.15, 0.2) is 11.6 Å². The molecular weight excluding hydrogens is 662 g/mol. The third-order valence-electron chi connectivity index (χ3n) is 15.8. The SMILES string of the molecule is COCCOCCOCCN(C)C(=O)C(C)OC(=O)C1CCC2(C)C(CCC3(C)C2C(=O)C=C2C4CC(C)(C(=O)O)CCC4(C)CCC23C)C1(C)C. The van der Waals surface area contributed by atoms with Crippen LogP contribution in [0.25, 0.3) is 0 Å². The Kier molecular flexibility index (Phi) is 11.6. The highest BCUT2D eigenvalue weighted by Crippen LogP contribution is 2.75. The quantitative estimate of drug-likeness (QED) is 0.162. The van der Waals surface area contributed by atoms with Crippen molar-refractivity contribution in [3.05, 3.63) is 11.6 Å². The molecule has 0 aromatic rings. The number of carboxylic acids is 1. The molecule has 4 fully saturated rings. The minimum atomic E-state index is -0.920. The van der Waals surface area contributed by atoms with Gasteiger partial charge in [0.2, 0.25) is 0 Å². The van der Waals surface area contributed by atoms with Crippen LogP contribution in [0, 0.1) is 56.2 Å². The number of ether oxygens (including phenoxy) is 4. The Balaban J connectivity index is 1.28. The number of carbonyl (C=O) groups excluding carboxylic acids is 3. The lowest BCUT2D eigenvalue weighted by atomic mass is 9.33. The van der Waals surface area contributed by atoms with E-state index in [1.54, 1.807) is 21.1 Å². The van der Waals surface area contributed by atoms with Crippen molar-refractivity contribution in [3.63, 3.8) is 0 Å². The summed E-state index contributed by atoms with van der Waals surface area (Å²) in [6, 6.07) is 0. The van der Waals surface area contributed by atoms with E-state index in [9.17, 15) is 24.3 Å². The van der Waals surface area contributed by atoms with Gasteiger partial charge in [0.05, 0.1) is 44.4 Å². The van der Waals surface area contributed by atoms with Gasteiger partial charge < -0.3 is 29.0 Å². The van der Waals surface area contributed by atoms with E-state index in [4.69, 9.17) is 18.9 Å². The summed E-state index contributed by atoms with van der Waals surface area (Å²) in [5, 5.41) is 10.2. The molecule has 0 radical (unpaired) electrons. The van der Waals surface area contributed by atoms with Crippen molar-refractivity contribution in [1.29, 1.82) is 0 Å². The summed E-state index contributed by atoms with van der Waals surface area (Å²) in [5.74, 6) is -1.52. The number of ketones is 1. The summed E-state index contributed by atoms with van der Waals surface area (Å²) in [7, 11) is 3.31. The zero-order valence-electron chi connectivity index (χ0n) is 33.7. The average Bonchev–Trinajstić information content (AvgIpc) is 3.06. The molecule has 0 aliphatic heterocycles. The van der Waals surface area contributed by atoms with Crippen molar-refractivity contribution >= 4 is 23.6 Å². The molecule has 4 saturated carbocycles. The van der Waals surface area contributed by atoms with Crippen LogP contribution in [0.4, 0.5) is 0 Å². The summed E-state index contributed by atoms with van der Waals surface area (Å²) in [6.45, 7) is 19.8. The maximum atomic E-state index is 14.7. The van der Waals surface area contributed by atoms with Crippen LogP contribution in [0.1, 0.15) is 113 Å². The van der Waals surface area contributed by atoms with E-state index < -0.39 is 22.9 Å². The number of fused-ring (bicyclic) bond motifs is 7. The predicted octanol–water partition coefficient (Wildman–Crippen LogP) is 6.74. The van der Waals surface area contributed by atoms with Crippen LogP contribution in [-0.4, -0.2) is 93.5 Å². The van der Waals surface area contributed by atoms with Crippen molar-refractivity contribution in [2.45, 2.75) is 119 Å². The molecule has 10 unspecified atom stereocenters. The number of carbonyl (C=O) groups is 4. The van der Waals surface area contributed by atoms with Crippen LogP contribution in [0.3, 0.4) is 0 Å². The smallest absolute Gasteiger partial charge is 0.310 e. The van der Waals surface area contributed by atoms with Crippen LogP contribution in [0.5, 0.6) is 0 Å². The average molecular weight is 730 g/mol. The fourth-order valence-corrected chi connectivity index (χ4v) is 12.2. The molecule has 1 N–H and O–H groups in total. The normalized spacial score (nSPS) is 39.9. The van der Waals surface area contributed by atoms with Crippen LogP contribution >= 0.6 is 0 Å². The highest BCUT2D eigenvalue weighted by molar-refractivity contribution is 5.96. The molecule has 0 bridgehead atoms. The topological polar surface area (TPSA) is 129 Å². The zero-order chi connectivity index (χ0) is 38.5. The highest BCUT2D eigenvalue weighted by Gasteiger charge is 2.70. The molecule has 10 nitrogen and oxygen atoms in total. The highest BCUT2D eigenvalue weighted by atomic mass is 16.6. The second-order valence-corrected chi connectivity index (χ2v) is 19.0. The number of amides is 1. The van der Waals surface area contributed by atoms with Gasteiger partial charge in [-0.15, -0.1) is 0 Å². The molecule has 294 valence electrons. The molecule has 0 heterocycles. The lowest BCUT2D eigenvalue weighted by Gasteiger charge is -2.70. The van der Waals surface area contributed by atoms with Crippen LogP contribution in [-0.2, 0) is 38.1 Å². The number of methoxy groups -OCH3 is 1. The Hall–Kier alpha value is -2.30. The fourth-order valence-electron chi connectivity index (χ4n) is 12.2. The van der Waals surface area contributed by atoms with E-state index in [-0.39, 0.29) is 63.0 Å². The molecule has 5 rings (SSSR count). The largest absolute Gasteiger partial charge is 0.481 e. The van der Waals surface area contributed by atoms with Crippen molar-refractivity contribution in [2.24, 2.45) is 56.2 Å². The van der Waals surface area contributed by atoms with Crippen molar-refractivity contribution in [1.82, 2.24) is 4.90 Å². The molecule has 10 atom stereocenters. The molecule has 0 saturated heterocycles. The van der Waals surface area contributed by atoms with Crippen molar-refractivity contribution < 1.29 is 43.2 Å². The van der Waals surface area contributed by atoms with E-state index >= 15 is 0 Å². The van der Waals surface area contributed by atoms with Gasteiger partial charge in [-0.1, -0.05) is 47.1 Å². The third-order valence-corrected chi connectivity index (χ3v) is 15.8. The number of allylic oxidation sites excluding steroid dienone is 2. The van der Waals surface area contributed by atoms with Gasteiger partial charge in [0, 0.05) is 26.6 Å². The molecule has 0 spiro atoms. The number of rotatable bonds is 13. The third kappa shape index (κ3) is 6.80. The van der Waals surface area contributed by atoms with Gasteiger partial charge in [0.15, 0.2) is 11.9 Å². The fraction of sp³-hybridized carbons (Fsp3) is 0.857. The molecule has 0 aromatic heterocycles. The Labute approximate surface area is 312 Å². The van der Waals surface area contributed by atoms with Gasteiger partial charge in [-0.05, 0) is 117 Å². The minimum Gasteiger partial charge on any atom is -0.481 e. The summed E-state index contributed by atoms with van der Waals surface area (Å²) >= 11 is 0. The Morgan fingerprint density at radius 3 is 2.17 bits per heavy atom. The predicted molar refractivity (Wildman–Crippen MR) is 197 cm³/mol. The number of nitrogens with zero attached hydrogens (tertiary/aromatic N) is 1. The minimum absolute atomic E-state index is 0.00583. The molecule has 52 heavy (non-hydrogen) atoms. The number of aliphatic carboxylic acids is 1. The standard InChI is InChI=1S/C42H67NO9/c1-27(34(45)43(9)19-20-50-23-24-51-22-21-49-10)52-35(46)28-11-13-40(6)32(37(28,2)3)12-14-42(8)33(40)31(44)25-29-30-26-39(5,36(47)48)16-15-38(30,4)17-18-41(29,42)7/h25,27-28,30,32-33H,11-24,26H2,1-10H3,(H,47,48). The van der Waals surface area contributed by atoms with E-state index in [1.807, 2.05) is 13.0 Å². The Bertz CT molecular complexity index is 1430. The second-order valence-electron chi connectivity index (χ2n) is 19.0. The first-order valence-electron chi connectivity index (χ1n) is 19.8. The molecule has 10 heteroatoms. The van der Waals surface area contributed by atoms with Gasteiger partial charge in [0.1, 0.15) is 0 Å². The van der Waals surface area contributed by atoms with Gasteiger partial charge >= 0.3 is 11.9 Å². The summed E-state index contributed by atoms with van der Waals surface area (Å²) in [5.41, 5.74) is -0.796. The first-order chi connectivity index (χ1) is 24.2. The lowest BCUT2D eigenvalue weighted by molar-refractivity contribution is -0.201. The summed E-state index contributed by atoms with van der Waals surface area (Å²) in [6.07, 6.45) is 8.35. The van der Waals surface area contributed by atoms with Gasteiger partial charge in [0.25, 0.3) is 5.91 Å². The molecule has 0 aromatic carbocycles. The van der Waals surface area contributed by atoms with E-state index in [1.165, 1.54) is 10.5 Å². The number of esters is 1. The first kappa shape index (κ1) is 40.9. The molecule has 5 aliphatic carbocycles. The van der Waals surface area contributed by atoms with E-state index in [0.717, 1.165) is 38.5 Å². The molecular formula is C42H67NO9. The van der Waals surface area contributed by atoms with Gasteiger partial charge in [-0.2, -0.15) is 0 Å². The maximum Gasteiger partial charge on any atom is 0.310 e. The number of hydrogen-bond donors (Lipinski definition) is 1. The van der Waals surface area contributed by atoms with Gasteiger partial charge in [-0.3, -0.25) is 19.2 Å². The molecule has 5 aliphatic rings. The second kappa shape index (κ2) is 14.7. The van der Waals surface area contributed by atoms with Gasteiger partial charge in [-0.25, -0.2) is 0 Å². The van der Waals surface area contributed by atoms with E-state index in [2.05, 4.69) is 41.5 Å². The first-order valence-corrected chi connectivity index (χ1v) is 19.8. The number of hydrogen-bond acceptors (Lipinski definition) is 8. The van der Waals surface area contributed by atoms with Crippen LogP contribution in [0.2, 0.25) is 0 Å².